The highest BCUT2D eigenvalue weighted by atomic mass is 35.5. The summed E-state index contributed by atoms with van der Waals surface area (Å²) < 4.78 is 24.9. The molecule has 0 bridgehead atoms. The minimum absolute atomic E-state index is 0.0236. The van der Waals surface area contributed by atoms with E-state index in [-0.39, 0.29) is 17.9 Å². The average Bonchev–Trinajstić information content (AvgIpc) is 2.72. The summed E-state index contributed by atoms with van der Waals surface area (Å²) in [5.74, 6) is 0.325. The molecular formula is C21H21ClFN5O3. The van der Waals surface area contributed by atoms with Crippen LogP contribution in [-0.4, -0.2) is 29.2 Å². The van der Waals surface area contributed by atoms with E-state index in [2.05, 4.69) is 25.9 Å². The maximum Gasteiger partial charge on any atom is 0.412 e. The Balaban J connectivity index is 1.76. The van der Waals surface area contributed by atoms with E-state index in [1.807, 2.05) is 13.8 Å². The van der Waals surface area contributed by atoms with Gasteiger partial charge in [-0.1, -0.05) is 17.7 Å². The van der Waals surface area contributed by atoms with E-state index in [9.17, 15) is 9.18 Å². The third kappa shape index (κ3) is 6.19. The molecule has 31 heavy (non-hydrogen) atoms. The van der Waals surface area contributed by atoms with Crippen molar-refractivity contribution >= 4 is 40.8 Å². The van der Waals surface area contributed by atoms with Crippen molar-refractivity contribution in [2.45, 2.75) is 20.0 Å². The number of nitrogens with one attached hydrogen (secondary N) is 3. The van der Waals surface area contributed by atoms with Gasteiger partial charge in [0.1, 0.15) is 11.5 Å². The molecule has 0 unspecified atom stereocenters. The highest BCUT2D eigenvalue weighted by Crippen LogP contribution is 2.30. The Morgan fingerprint density at radius 2 is 1.90 bits per heavy atom. The highest BCUT2D eigenvalue weighted by molar-refractivity contribution is 6.32. The molecule has 0 atom stereocenters. The lowest BCUT2D eigenvalue weighted by molar-refractivity contribution is 0.203. The molecule has 1 aromatic heterocycles. The predicted octanol–water partition coefficient (Wildman–Crippen LogP) is 5.26. The fourth-order valence-corrected chi connectivity index (χ4v) is 2.73. The number of carbonyl (C=O) groups excluding carboxylic acids is 1. The Kier molecular flexibility index (Phi) is 7.09. The van der Waals surface area contributed by atoms with Crippen LogP contribution in [0, 0.1) is 5.82 Å². The molecule has 10 heteroatoms. The second-order valence-electron chi connectivity index (χ2n) is 6.62. The maximum atomic E-state index is 14.3. The third-order valence-electron chi connectivity index (χ3n) is 3.81. The van der Waals surface area contributed by atoms with Gasteiger partial charge in [0, 0.05) is 24.5 Å². The summed E-state index contributed by atoms with van der Waals surface area (Å²) in [5.41, 5.74) is 1.09. The zero-order valence-electron chi connectivity index (χ0n) is 17.1. The summed E-state index contributed by atoms with van der Waals surface area (Å²) in [7, 11) is 1.46. The van der Waals surface area contributed by atoms with Gasteiger partial charge >= 0.3 is 6.09 Å². The molecule has 0 spiro atoms. The van der Waals surface area contributed by atoms with Gasteiger partial charge in [0.15, 0.2) is 11.6 Å². The molecule has 8 nitrogen and oxygen atoms in total. The monoisotopic (exact) mass is 445 g/mol. The van der Waals surface area contributed by atoms with E-state index in [0.29, 0.717) is 27.9 Å². The van der Waals surface area contributed by atoms with Crippen molar-refractivity contribution in [1.29, 1.82) is 0 Å². The van der Waals surface area contributed by atoms with Crippen LogP contribution in [0.15, 0.2) is 48.7 Å². The number of anilines is 4. The second kappa shape index (κ2) is 9.94. The van der Waals surface area contributed by atoms with Gasteiger partial charge in [-0.25, -0.2) is 14.2 Å². The van der Waals surface area contributed by atoms with Gasteiger partial charge in [0.25, 0.3) is 0 Å². The van der Waals surface area contributed by atoms with Crippen molar-refractivity contribution < 1.29 is 18.7 Å². The first-order valence-electron chi connectivity index (χ1n) is 9.36. The molecule has 0 saturated carbocycles. The molecule has 3 rings (SSSR count). The van der Waals surface area contributed by atoms with E-state index in [4.69, 9.17) is 21.1 Å². The number of carbonyl (C=O) groups is 1. The highest BCUT2D eigenvalue weighted by Gasteiger charge is 2.11. The number of hydrogen-bond donors (Lipinski definition) is 3. The van der Waals surface area contributed by atoms with Crippen LogP contribution in [0.1, 0.15) is 13.8 Å². The van der Waals surface area contributed by atoms with Gasteiger partial charge < -0.3 is 25.4 Å². The summed E-state index contributed by atoms with van der Waals surface area (Å²) in [5, 5.41) is 8.58. The van der Waals surface area contributed by atoms with Crippen molar-refractivity contribution in [2.75, 3.05) is 17.7 Å². The number of hydrogen-bond acceptors (Lipinski definition) is 7. The Labute approximate surface area is 183 Å². The van der Waals surface area contributed by atoms with Gasteiger partial charge in [-0.05, 0) is 44.2 Å². The topological polar surface area (TPSA) is 97.4 Å². The molecule has 0 saturated heterocycles. The van der Waals surface area contributed by atoms with Crippen LogP contribution >= 0.6 is 11.6 Å². The number of nitrogens with zero attached hydrogens (tertiary/aromatic N) is 2. The lowest BCUT2D eigenvalue weighted by Crippen LogP contribution is -2.22. The Hall–Kier alpha value is -3.59. The second-order valence-corrected chi connectivity index (χ2v) is 7.03. The van der Waals surface area contributed by atoms with Crippen molar-refractivity contribution in [2.24, 2.45) is 0 Å². The molecule has 162 valence electrons. The first kappa shape index (κ1) is 22.1. The fraction of sp³-hybridized carbons (Fsp3) is 0.190. The summed E-state index contributed by atoms with van der Waals surface area (Å²) in [6.07, 6.45) is 0.426. The Morgan fingerprint density at radius 1 is 1.13 bits per heavy atom. The predicted molar refractivity (Wildman–Crippen MR) is 117 cm³/mol. The normalized spacial score (nSPS) is 10.5. The molecule has 0 radical (unpaired) electrons. The number of amides is 1. The van der Waals surface area contributed by atoms with Gasteiger partial charge in [-0.15, -0.1) is 0 Å². The molecule has 0 aliphatic carbocycles. The van der Waals surface area contributed by atoms with Gasteiger partial charge in [0.2, 0.25) is 5.95 Å². The largest absolute Gasteiger partial charge is 0.489 e. The molecule has 3 N–H and O–H groups in total. The molecule has 0 fully saturated rings. The third-order valence-corrected chi connectivity index (χ3v) is 4.10. The summed E-state index contributed by atoms with van der Waals surface area (Å²) in [4.78, 5) is 19.5. The number of benzene rings is 2. The van der Waals surface area contributed by atoms with Crippen LogP contribution in [0.25, 0.3) is 0 Å². The minimum Gasteiger partial charge on any atom is -0.489 e. The first-order chi connectivity index (χ1) is 14.8. The molecule has 2 aromatic carbocycles. The zero-order chi connectivity index (χ0) is 22.4. The van der Waals surface area contributed by atoms with Crippen LogP contribution in [0.3, 0.4) is 0 Å². The van der Waals surface area contributed by atoms with E-state index in [1.165, 1.54) is 7.05 Å². The first-order valence-corrected chi connectivity index (χ1v) is 9.74. The van der Waals surface area contributed by atoms with Crippen LogP contribution in [0.4, 0.5) is 32.3 Å². The fourth-order valence-electron chi connectivity index (χ4n) is 2.50. The summed E-state index contributed by atoms with van der Waals surface area (Å²) >= 11 is 6.24. The van der Waals surface area contributed by atoms with Crippen LogP contribution in [-0.2, 0) is 0 Å². The van der Waals surface area contributed by atoms with E-state index in [1.54, 1.807) is 42.5 Å². The standard InChI is InChI=1S/C21H21ClFN5O3/c1-12(2)30-18-8-7-14(10-16(18)22)26-19-17(23)11-25-20(28-19)27-13-5-4-6-15(9-13)31-21(29)24-3/h4-12H,1-3H3,(H,24,29)(H2,25,26,27,28). The smallest absolute Gasteiger partial charge is 0.412 e. The van der Waals surface area contributed by atoms with Crippen LogP contribution < -0.4 is 25.4 Å². The lowest BCUT2D eigenvalue weighted by Gasteiger charge is -2.13. The maximum absolute atomic E-state index is 14.3. The average molecular weight is 446 g/mol. The van der Waals surface area contributed by atoms with Crippen LogP contribution in [0.5, 0.6) is 11.5 Å². The zero-order valence-corrected chi connectivity index (χ0v) is 17.8. The molecule has 3 aromatic rings. The molecule has 1 amide bonds. The van der Waals surface area contributed by atoms with Crippen molar-refractivity contribution in [3.05, 3.63) is 59.5 Å². The number of aromatic nitrogens is 2. The molecular weight excluding hydrogens is 425 g/mol. The quantitative estimate of drug-likeness (QED) is 0.456. The Morgan fingerprint density at radius 3 is 2.61 bits per heavy atom. The number of rotatable bonds is 7. The van der Waals surface area contributed by atoms with Crippen molar-refractivity contribution in [3.8, 4) is 11.5 Å². The number of halogens is 2. The lowest BCUT2D eigenvalue weighted by atomic mass is 10.3. The van der Waals surface area contributed by atoms with Crippen molar-refractivity contribution in [3.63, 3.8) is 0 Å². The SMILES string of the molecule is CNC(=O)Oc1cccc(Nc2ncc(F)c(Nc3ccc(OC(C)C)c(Cl)c3)n2)c1. The van der Waals surface area contributed by atoms with Gasteiger partial charge in [-0.3, -0.25) is 0 Å². The Bertz CT molecular complexity index is 1080. The van der Waals surface area contributed by atoms with E-state index in [0.717, 1.165) is 6.20 Å². The van der Waals surface area contributed by atoms with E-state index >= 15 is 0 Å². The molecule has 1 heterocycles. The van der Waals surface area contributed by atoms with Crippen molar-refractivity contribution in [1.82, 2.24) is 15.3 Å². The molecule has 0 aliphatic heterocycles. The van der Waals surface area contributed by atoms with Gasteiger partial charge in [0.05, 0.1) is 17.3 Å². The summed E-state index contributed by atoms with van der Waals surface area (Å²) in [6.45, 7) is 3.79. The molecule has 0 aliphatic rings. The minimum atomic E-state index is -0.638. The van der Waals surface area contributed by atoms with E-state index < -0.39 is 11.9 Å². The number of ether oxygens (including phenoxy) is 2. The van der Waals surface area contributed by atoms with Gasteiger partial charge in [-0.2, -0.15) is 4.98 Å². The summed E-state index contributed by atoms with van der Waals surface area (Å²) in [6, 6.07) is 11.6. The van der Waals surface area contributed by atoms with Crippen LogP contribution in [0.2, 0.25) is 5.02 Å².